The van der Waals surface area contributed by atoms with Crippen LogP contribution >= 0.6 is 0 Å². The van der Waals surface area contributed by atoms with Gasteiger partial charge < -0.3 is 19.2 Å². The zero-order chi connectivity index (χ0) is 33.4. The van der Waals surface area contributed by atoms with Crippen molar-refractivity contribution in [1.29, 1.82) is 0 Å². The molecule has 1 aliphatic rings. The molecule has 1 unspecified atom stereocenters. The van der Waals surface area contributed by atoms with Crippen LogP contribution in [0.2, 0.25) is 0 Å². The van der Waals surface area contributed by atoms with Gasteiger partial charge in [0, 0.05) is 31.2 Å². The largest absolute Gasteiger partial charge is 0.442 e. The number of benzene rings is 1. The fourth-order valence-electron chi connectivity index (χ4n) is 5.06. The first kappa shape index (κ1) is 32.6. The SMILES string of the molecule is Cc1ccnc(C(NC(=O)c2cc(Cn3ccn(C)/c3=N/C(=O)OC(C)(C)C)cc(-c3ccc(F)cc3C(F)(F)F)n2)C2CC2)c1. The summed E-state index contributed by atoms with van der Waals surface area (Å²) in [5.74, 6) is -1.50. The monoisotopic (exact) mass is 638 g/mol. The molecule has 46 heavy (non-hydrogen) atoms. The van der Waals surface area contributed by atoms with Crippen LogP contribution in [0.25, 0.3) is 11.3 Å². The molecule has 0 bridgehead atoms. The van der Waals surface area contributed by atoms with Gasteiger partial charge in [0.05, 0.1) is 29.5 Å². The number of carbonyl (C=O) groups excluding carboxylic acids is 2. The molecule has 2 amide bonds. The Kier molecular flexibility index (Phi) is 8.87. The van der Waals surface area contributed by atoms with Crippen molar-refractivity contribution in [3.05, 3.63) is 101 Å². The van der Waals surface area contributed by atoms with Crippen LogP contribution in [-0.2, 0) is 24.5 Å². The van der Waals surface area contributed by atoms with Crippen LogP contribution in [0.1, 0.15) is 72.5 Å². The molecule has 1 fully saturated rings. The van der Waals surface area contributed by atoms with E-state index in [1.807, 2.05) is 19.1 Å². The van der Waals surface area contributed by atoms with Gasteiger partial charge in [-0.25, -0.2) is 14.2 Å². The molecule has 1 saturated carbocycles. The van der Waals surface area contributed by atoms with E-state index in [2.05, 4.69) is 20.3 Å². The number of amides is 2. The molecule has 0 spiro atoms. The zero-order valence-electron chi connectivity index (χ0n) is 26.0. The standard InChI is InChI=1S/C33H34F4N6O3/c1-19-10-11-38-26(14-19)28(21-6-7-21)40-29(44)27-16-20(15-25(39-27)23-9-8-22(34)17-24(23)33(35,36)37)18-43-13-12-42(5)30(43)41-31(45)46-32(2,3)4/h8-17,21,28H,6-7,18H2,1-5H3,(H,40,44)/b41-30-. The van der Waals surface area contributed by atoms with E-state index in [4.69, 9.17) is 4.74 Å². The Morgan fingerprint density at radius 2 is 1.83 bits per heavy atom. The van der Waals surface area contributed by atoms with Gasteiger partial charge >= 0.3 is 12.3 Å². The van der Waals surface area contributed by atoms with E-state index >= 15 is 0 Å². The molecular formula is C33H34F4N6O3. The molecule has 4 aromatic rings. The Hall–Kier alpha value is -4.81. The minimum Gasteiger partial charge on any atom is -0.442 e. The van der Waals surface area contributed by atoms with Crippen molar-refractivity contribution < 1.29 is 31.9 Å². The van der Waals surface area contributed by atoms with E-state index in [1.54, 1.807) is 55.5 Å². The smallest absolute Gasteiger partial charge is 0.437 e. The van der Waals surface area contributed by atoms with Crippen molar-refractivity contribution in [2.24, 2.45) is 18.0 Å². The average molecular weight is 639 g/mol. The highest BCUT2D eigenvalue weighted by Gasteiger charge is 2.36. The van der Waals surface area contributed by atoms with Crippen LogP contribution < -0.4 is 10.9 Å². The normalized spacial score (nSPS) is 14.7. The quantitative estimate of drug-likeness (QED) is 0.233. The topological polar surface area (TPSA) is 103 Å². The van der Waals surface area contributed by atoms with Crippen LogP contribution in [0.4, 0.5) is 22.4 Å². The van der Waals surface area contributed by atoms with E-state index in [1.165, 1.54) is 12.1 Å². The van der Waals surface area contributed by atoms with Crippen molar-refractivity contribution >= 4 is 12.0 Å². The molecule has 13 heteroatoms. The van der Waals surface area contributed by atoms with Gasteiger partial charge in [-0.1, -0.05) is 0 Å². The Morgan fingerprint density at radius 3 is 2.48 bits per heavy atom. The molecule has 1 N–H and O–H groups in total. The highest BCUT2D eigenvalue weighted by atomic mass is 19.4. The molecule has 9 nitrogen and oxygen atoms in total. The molecule has 0 saturated heterocycles. The van der Waals surface area contributed by atoms with Crippen molar-refractivity contribution in [2.45, 2.75) is 64.9 Å². The molecule has 1 aliphatic carbocycles. The number of ether oxygens (including phenoxy) is 1. The van der Waals surface area contributed by atoms with Crippen molar-refractivity contribution in [2.75, 3.05) is 0 Å². The van der Waals surface area contributed by atoms with Gasteiger partial charge in [-0.3, -0.25) is 9.78 Å². The Balaban J connectivity index is 1.58. The molecule has 0 aliphatic heterocycles. The maximum Gasteiger partial charge on any atom is 0.437 e. The summed E-state index contributed by atoms with van der Waals surface area (Å²) < 4.78 is 64.7. The van der Waals surface area contributed by atoms with Gasteiger partial charge in [0.15, 0.2) is 0 Å². The van der Waals surface area contributed by atoms with Crippen molar-refractivity contribution in [1.82, 2.24) is 24.4 Å². The molecule has 5 rings (SSSR count). The number of nitrogens with zero attached hydrogens (tertiary/aromatic N) is 5. The summed E-state index contributed by atoms with van der Waals surface area (Å²) in [4.78, 5) is 39.1. The summed E-state index contributed by atoms with van der Waals surface area (Å²) in [6.45, 7) is 7.04. The van der Waals surface area contributed by atoms with Gasteiger partial charge in [0.25, 0.3) is 5.91 Å². The first-order chi connectivity index (χ1) is 21.6. The van der Waals surface area contributed by atoms with Gasteiger partial charge in [-0.2, -0.15) is 13.2 Å². The van der Waals surface area contributed by atoms with E-state index < -0.39 is 41.2 Å². The number of alkyl halides is 3. The van der Waals surface area contributed by atoms with Gasteiger partial charge in [-0.15, -0.1) is 4.99 Å². The molecule has 1 aromatic carbocycles. The summed E-state index contributed by atoms with van der Waals surface area (Å²) in [6, 6.07) is 8.49. The number of imidazole rings is 1. The average Bonchev–Trinajstić information content (AvgIpc) is 3.75. The molecule has 0 radical (unpaired) electrons. The summed E-state index contributed by atoms with van der Waals surface area (Å²) in [6.07, 6.45) is 1.00. The number of hydrogen-bond donors (Lipinski definition) is 1. The molecule has 3 aromatic heterocycles. The lowest BCUT2D eigenvalue weighted by Crippen LogP contribution is -2.31. The van der Waals surface area contributed by atoms with Crippen LogP contribution in [0.5, 0.6) is 0 Å². The van der Waals surface area contributed by atoms with Gasteiger partial charge in [0.1, 0.15) is 17.1 Å². The number of halogens is 4. The van der Waals surface area contributed by atoms with Crippen LogP contribution in [0.3, 0.4) is 0 Å². The van der Waals surface area contributed by atoms with Crippen molar-refractivity contribution in [3.8, 4) is 11.3 Å². The predicted octanol–water partition coefficient (Wildman–Crippen LogP) is 6.52. The lowest BCUT2D eigenvalue weighted by molar-refractivity contribution is -0.137. The predicted molar refractivity (Wildman–Crippen MR) is 161 cm³/mol. The Morgan fingerprint density at radius 1 is 1.09 bits per heavy atom. The highest BCUT2D eigenvalue weighted by Crippen LogP contribution is 2.41. The first-order valence-corrected chi connectivity index (χ1v) is 14.7. The van der Waals surface area contributed by atoms with E-state index in [0.29, 0.717) is 17.3 Å². The third-order valence-corrected chi connectivity index (χ3v) is 7.30. The highest BCUT2D eigenvalue weighted by molar-refractivity contribution is 5.93. The van der Waals surface area contributed by atoms with Gasteiger partial charge in [0.2, 0.25) is 5.62 Å². The Bertz CT molecular complexity index is 1850. The number of nitrogens with one attached hydrogen (secondary N) is 1. The minimum atomic E-state index is -4.89. The third kappa shape index (κ3) is 7.88. The van der Waals surface area contributed by atoms with E-state index in [9.17, 15) is 27.2 Å². The van der Waals surface area contributed by atoms with Crippen LogP contribution in [0.15, 0.2) is 66.0 Å². The summed E-state index contributed by atoms with van der Waals surface area (Å²) in [7, 11) is 1.67. The fourth-order valence-corrected chi connectivity index (χ4v) is 5.06. The molecular weight excluding hydrogens is 604 g/mol. The van der Waals surface area contributed by atoms with Gasteiger partial charge in [-0.05, 0) is 100 Å². The first-order valence-electron chi connectivity index (χ1n) is 14.7. The zero-order valence-corrected chi connectivity index (χ0v) is 26.0. The van der Waals surface area contributed by atoms with Crippen LogP contribution in [0, 0.1) is 18.7 Å². The summed E-state index contributed by atoms with van der Waals surface area (Å²) in [5.41, 5.74) is -0.460. The number of hydrogen-bond acceptors (Lipinski definition) is 5. The number of pyridine rings is 2. The third-order valence-electron chi connectivity index (χ3n) is 7.30. The molecule has 1 atom stereocenters. The van der Waals surface area contributed by atoms with Crippen molar-refractivity contribution in [3.63, 3.8) is 0 Å². The van der Waals surface area contributed by atoms with E-state index in [-0.39, 0.29) is 35.0 Å². The van der Waals surface area contributed by atoms with Crippen LogP contribution in [-0.4, -0.2) is 36.7 Å². The lowest BCUT2D eigenvalue weighted by atomic mass is 10.0. The number of rotatable bonds is 7. The number of carbonyl (C=O) groups is 2. The fraction of sp³-hybridized carbons (Fsp3) is 0.364. The number of aromatic nitrogens is 4. The summed E-state index contributed by atoms with van der Waals surface area (Å²) in [5, 5.41) is 2.99. The molecule has 242 valence electrons. The second-order valence-electron chi connectivity index (χ2n) is 12.4. The Labute approximate surface area is 263 Å². The van der Waals surface area contributed by atoms with E-state index in [0.717, 1.165) is 30.5 Å². The maximum absolute atomic E-state index is 14.1. The second kappa shape index (κ2) is 12.5. The number of aryl methyl sites for hydroxylation is 2. The maximum atomic E-state index is 14.1. The lowest BCUT2D eigenvalue weighted by Gasteiger charge is -2.19. The minimum absolute atomic E-state index is 0.00626. The summed E-state index contributed by atoms with van der Waals surface area (Å²) >= 11 is 0. The second-order valence-corrected chi connectivity index (χ2v) is 12.4. The molecule has 3 heterocycles.